The molecule has 1 aromatic heterocycles. The molecule has 1 aromatic rings. The van der Waals surface area contributed by atoms with Gasteiger partial charge in [-0.25, -0.2) is 0 Å². The van der Waals surface area contributed by atoms with Crippen molar-refractivity contribution in [2.75, 3.05) is 26.2 Å². The van der Waals surface area contributed by atoms with Crippen LogP contribution >= 0.6 is 0 Å². The van der Waals surface area contributed by atoms with Crippen molar-refractivity contribution >= 4 is 0 Å². The second-order valence-corrected chi connectivity index (χ2v) is 4.05. The smallest absolute Gasteiger partial charge is 0.255 e. The van der Waals surface area contributed by atoms with Gasteiger partial charge in [0.25, 0.3) is 11.9 Å². The molecule has 7 heteroatoms. The van der Waals surface area contributed by atoms with Crippen LogP contribution in [0.25, 0.3) is 0 Å². The van der Waals surface area contributed by atoms with E-state index in [1.165, 1.54) is 0 Å². The molecule has 0 amide bonds. The van der Waals surface area contributed by atoms with Crippen LogP contribution in [0.3, 0.4) is 0 Å². The maximum Gasteiger partial charge on any atom is 0.255 e. The molecule has 1 fully saturated rings. The van der Waals surface area contributed by atoms with E-state index in [1.54, 1.807) is 0 Å². The largest absolute Gasteiger partial charge is 0.486 e. The molecule has 3 nitrogen and oxygen atoms in total. The van der Waals surface area contributed by atoms with Crippen LogP contribution in [0.15, 0.2) is 0 Å². The predicted molar refractivity (Wildman–Crippen MR) is 55.2 cm³/mol. The van der Waals surface area contributed by atoms with Crippen molar-refractivity contribution in [3.63, 3.8) is 0 Å². The third-order valence-electron chi connectivity index (χ3n) is 2.81. The zero-order chi connectivity index (χ0) is 13.1. The van der Waals surface area contributed by atoms with Crippen LogP contribution in [0.2, 0.25) is 0 Å². The van der Waals surface area contributed by atoms with Crippen LogP contribution in [-0.4, -0.2) is 36.1 Å². The molecule has 1 aliphatic heterocycles. The average molecular weight is 264 g/mol. The lowest BCUT2D eigenvalue weighted by atomic mass is 10.4. The fraction of sp³-hybridized carbons (Fsp3) is 0.545. The zero-order valence-corrected chi connectivity index (χ0v) is 9.56. The van der Waals surface area contributed by atoms with E-state index in [2.05, 4.69) is 4.98 Å². The van der Waals surface area contributed by atoms with Gasteiger partial charge in [0.2, 0.25) is 11.6 Å². The van der Waals surface area contributed by atoms with Gasteiger partial charge in [-0.15, -0.1) is 0 Å². The molecule has 0 N–H and O–H groups in total. The Hall–Kier alpha value is -1.37. The summed E-state index contributed by atoms with van der Waals surface area (Å²) < 4.78 is 56.6. The Bertz CT molecular complexity index is 409. The first kappa shape index (κ1) is 13.1. The number of hydrogen-bond donors (Lipinski definition) is 0. The minimum atomic E-state index is -1.70. The van der Waals surface area contributed by atoms with Crippen LogP contribution in [0.1, 0.15) is 12.8 Å². The van der Waals surface area contributed by atoms with Crippen LogP contribution in [0.5, 0.6) is 5.75 Å². The minimum Gasteiger partial charge on any atom is -0.486 e. The normalized spacial score (nSPS) is 16.2. The number of hydrogen-bond acceptors (Lipinski definition) is 3. The maximum absolute atomic E-state index is 13.2. The quantitative estimate of drug-likeness (QED) is 0.615. The third-order valence-corrected chi connectivity index (χ3v) is 2.81. The van der Waals surface area contributed by atoms with Crippen molar-refractivity contribution in [1.29, 1.82) is 0 Å². The van der Waals surface area contributed by atoms with Crippen molar-refractivity contribution in [2.24, 2.45) is 0 Å². The molecular formula is C11H12F4N2O. The fourth-order valence-electron chi connectivity index (χ4n) is 1.88. The molecule has 18 heavy (non-hydrogen) atoms. The number of aromatic nitrogens is 1. The van der Waals surface area contributed by atoms with E-state index in [1.807, 2.05) is 4.90 Å². The lowest BCUT2D eigenvalue weighted by molar-refractivity contribution is 0.215. The Morgan fingerprint density at radius 2 is 1.56 bits per heavy atom. The van der Waals surface area contributed by atoms with E-state index in [0.717, 1.165) is 25.9 Å². The van der Waals surface area contributed by atoms with Gasteiger partial charge in [-0.2, -0.15) is 22.5 Å². The monoisotopic (exact) mass is 264 g/mol. The molecule has 0 bridgehead atoms. The first-order valence-electron chi connectivity index (χ1n) is 5.64. The molecule has 0 aromatic carbocycles. The molecule has 100 valence electrons. The number of nitrogens with zero attached hydrogens (tertiary/aromatic N) is 2. The number of ether oxygens (including phenoxy) is 1. The van der Waals surface area contributed by atoms with Gasteiger partial charge in [0.05, 0.1) is 0 Å². The van der Waals surface area contributed by atoms with Crippen LogP contribution in [-0.2, 0) is 0 Å². The van der Waals surface area contributed by atoms with E-state index in [9.17, 15) is 17.6 Å². The molecule has 0 saturated carbocycles. The summed E-state index contributed by atoms with van der Waals surface area (Å²) in [5, 5.41) is 0. The Labute approximate surface area is 101 Å². The van der Waals surface area contributed by atoms with Crippen molar-refractivity contribution < 1.29 is 22.3 Å². The fourth-order valence-corrected chi connectivity index (χ4v) is 1.88. The van der Waals surface area contributed by atoms with Crippen LogP contribution in [0.4, 0.5) is 17.6 Å². The molecule has 1 saturated heterocycles. The molecule has 2 rings (SSSR count). The van der Waals surface area contributed by atoms with E-state index in [0.29, 0.717) is 6.54 Å². The Morgan fingerprint density at radius 1 is 1.00 bits per heavy atom. The average Bonchev–Trinajstić information content (AvgIpc) is 2.84. The summed E-state index contributed by atoms with van der Waals surface area (Å²) >= 11 is 0. The molecule has 0 spiro atoms. The van der Waals surface area contributed by atoms with Gasteiger partial charge in [0, 0.05) is 6.54 Å². The minimum absolute atomic E-state index is 0.0310. The zero-order valence-electron chi connectivity index (χ0n) is 9.56. The molecule has 2 heterocycles. The summed E-state index contributed by atoms with van der Waals surface area (Å²) in [6, 6.07) is 0. The molecular weight excluding hydrogens is 252 g/mol. The van der Waals surface area contributed by atoms with Crippen molar-refractivity contribution in [1.82, 2.24) is 9.88 Å². The van der Waals surface area contributed by atoms with Gasteiger partial charge in [0.15, 0.2) is 5.75 Å². The van der Waals surface area contributed by atoms with E-state index in [-0.39, 0.29) is 6.61 Å². The highest BCUT2D eigenvalue weighted by molar-refractivity contribution is 5.24. The summed E-state index contributed by atoms with van der Waals surface area (Å²) in [4.78, 5) is 4.49. The summed E-state index contributed by atoms with van der Waals surface area (Å²) in [6.07, 6.45) is 2.14. The summed E-state index contributed by atoms with van der Waals surface area (Å²) in [7, 11) is 0. The standard InChI is InChI=1S/C11H12F4N2O/c12-7-9(8(13)11(15)16-10(7)14)18-6-5-17-3-1-2-4-17/h1-6H2. The highest BCUT2D eigenvalue weighted by Crippen LogP contribution is 2.24. The van der Waals surface area contributed by atoms with Gasteiger partial charge in [0.1, 0.15) is 6.61 Å². The van der Waals surface area contributed by atoms with Gasteiger partial charge >= 0.3 is 0 Å². The Morgan fingerprint density at radius 3 is 2.11 bits per heavy atom. The highest BCUT2D eigenvalue weighted by atomic mass is 19.2. The van der Waals surface area contributed by atoms with Crippen LogP contribution < -0.4 is 4.74 Å². The van der Waals surface area contributed by atoms with E-state index < -0.39 is 29.3 Å². The second-order valence-electron chi connectivity index (χ2n) is 4.05. The van der Waals surface area contributed by atoms with Gasteiger partial charge in [-0.1, -0.05) is 0 Å². The molecule has 1 aliphatic rings. The topological polar surface area (TPSA) is 25.4 Å². The van der Waals surface area contributed by atoms with Crippen molar-refractivity contribution in [3.05, 3.63) is 23.5 Å². The molecule has 0 aliphatic carbocycles. The SMILES string of the molecule is Fc1nc(F)c(F)c(OCCN2CCCC2)c1F. The Balaban J connectivity index is 1.99. The predicted octanol–water partition coefficient (Wildman–Crippen LogP) is 2.11. The highest BCUT2D eigenvalue weighted by Gasteiger charge is 2.22. The van der Waals surface area contributed by atoms with Gasteiger partial charge in [-0.3, -0.25) is 4.90 Å². The molecule has 0 unspecified atom stereocenters. The first-order valence-corrected chi connectivity index (χ1v) is 5.64. The first-order chi connectivity index (χ1) is 8.59. The summed E-state index contributed by atoms with van der Waals surface area (Å²) in [5.74, 6) is -7.65. The van der Waals surface area contributed by atoms with Gasteiger partial charge in [-0.05, 0) is 25.9 Å². The summed E-state index contributed by atoms with van der Waals surface area (Å²) in [6.45, 7) is 2.22. The lowest BCUT2D eigenvalue weighted by Gasteiger charge is -2.15. The number of rotatable bonds is 4. The second kappa shape index (κ2) is 5.51. The van der Waals surface area contributed by atoms with Crippen molar-refractivity contribution in [2.45, 2.75) is 12.8 Å². The van der Waals surface area contributed by atoms with Crippen molar-refractivity contribution in [3.8, 4) is 5.75 Å². The van der Waals surface area contributed by atoms with Crippen LogP contribution in [0, 0.1) is 23.5 Å². The van der Waals surface area contributed by atoms with Gasteiger partial charge < -0.3 is 4.74 Å². The number of halogens is 4. The maximum atomic E-state index is 13.2. The van der Waals surface area contributed by atoms with E-state index in [4.69, 9.17) is 4.74 Å². The number of pyridine rings is 1. The summed E-state index contributed by atoms with van der Waals surface area (Å²) in [5.41, 5.74) is 0. The lowest BCUT2D eigenvalue weighted by Crippen LogP contribution is -2.25. The number of likely N-dealkylation sites (tertiary alicyclic amines) is 1. The molecule has 0 radical (unpaired) electrons. The molecule has 0 atom stereocenters. The third kappa shape index (κ3) is 2.72. The van der Waals surface area contributed by atoms with E-state index >= 15 is 0 Å². The Kier molecular flexibility index (Phi) is 4.00.